The van der Waals surface area contributed by atoms with Crippen molar-refractivity contribution in [1.29, 1.82) is 0 Å². The molecular weight excluding hydrogens is 290 g/mol. The lowest BCUT2D eigenvalue weighted by atomic mass is 10.2. The quantitative estimate of drug-likeness (QED) is 0.255. The van der Waals surface area contributed by atoms with Gasteiger partial charge in [-0.2, -0.15) is 0 Å². The standard InChI is InChI=1S/C11H12BrNO4/c12-5-1-2-6-17-11-4-3-10(13(15)16)7-9(11)8-14/h3-4,7-8H,1-2,5-6H2. The Morgan fingerprint density at radius 1 is 1.41 bits per heavy atom. The number of carbonyl (C=O) groups is 1. The maximum Gasteiger partial charge on any atom is 0.270 e. The number of benzene rings is 1. The third-order valence-corrected chi connectivity index (χ3v) is 2.68. The molecular formula is C11H12BrNO4. The van der Waals surface area contributed by atoms with Gasteiger partial charge >= 0.3 is 0 Å². The number of nitrogens with zero attached hydrogens (tertiary/aromatic N) is 1. The Hall–Kier alpha value is -1.43. The van der Waals surface area contributed by atoms with Crippen LogP contribution in [0.2, 0.25) is 0 Å². The molecule has 0 bridgehead atoms. The molecule has 0 saturated heterocycles. The highest BCUT2D eigenvalue weighted by Crippen LogP contribution is 2.22. The molecule has 5 nitrogen and oxygen atoms in total. The average Bonchev–Trinajstić information content (AvgIpc) is 2.34. The number of hydrogen-bond donors (Lipinski definition) is 0. The van der Waals surface area contributed by atoms with Crippen molar-refractivity contribution in [2.75, 3.05) is 11.9 Å². The summed E-state index contributed by atoms with van der Waals surface area (Å²) in [5.41, 5.74) is 0.0953. The average molecular weight is 302 g/mol. The SMILES string of the molecule is O=Cc1cc([N+](=O)[O-])ccc1OCCCCBr. The Morgan fingerprint density at radius 2 is 2.18 bits per heavy atom. The van der Waals surface area contributed by atoms with Gasteiger partial charge in [-0.05, 0) is 18.9 Å². The van der Waals surface area contributed by atoms with Crippen LogP contribution in [0, 0.1) is 10.1 Å². The predicted molar refractivity (Wildman–Crippen MR) is 67.0 cm³/mol. The summed E-state index contributed by atoms with van der Waals surface area (Å²) in [7, 11) is 0. The molecule has 0 radical (unpaired) electrons. The van der Waals surface area contributed by atoms with E-state index in [1.807, 2.05) is 0 Å². The molecule has 17 heavy (non-hydrogen) atoms. The van der Waals surface area contributed by atoms with E-state index in [-0.39, 0.29) is 11.3 Å². The molecule has 0 N–H and O–H groups in total. The van der Waals surface area contributed by atoms with Crippen LogP contribution in [0.3, 0.4) is 0 Å². The number of unbranched alkanes of at least 4 members (excludes halogenated alkanes) is 1. The zero-order chi connectivity index (χ0) is 12.7. The summed E-state index contributed by atoms with van der Waals surface area (Å²) in [6, 6.07) is 4.00. The van der Waals surface area contributed by atoms with Crippen molar-refractivity contribution in [3.8, 4) is 5.75 Å². The summed E-state index contributed by atoms with van der Waals surface area (Å²) in [5.74, 6) is 0.389. The van der Waals surface area contributed by atoms with Gasteiger partial charge < -0.3 is 4.74 Å². The van der Waals surface area contributed by atoms with E-state index in [9.17, 15) is 14.9 Å². The lowest BCUT2D eigenvalue weighted by molar-refractivity contribution is -0.384. The van der Waals surface area contributed by atoms with Crippen molar-refractivity contribution < 1.29 is 14.5 Å². The fourth-order valence-corrected chi connectivity index (χ4v) is 1.65. The Labute approximate surface area is 107 Å². The Kier molecular flexibility index (Phi) is 5.62. The molecule has 1 aromatic rings. The van der Waals surface area contributed by atoms with E-state index in [1.165, 1.54) is 18.2 Å². The molecule has 0 aromatic heterocycles. The summed E-state index contributed by atoms with van der Waals surface area (Å²) < 4.78 is 5.39. The number of nitro benzene ring substituents is 1. The highest BCUT2D eigenvalue weighted by atomic mass is 79.9. The fraction of sp³-hybridized carbons (Fsp3) is 0.364. The van der Waals surface area contributed by atoms with E-state index < -0.39 is 4.92 Å². The van der Waals surface area contributed by atoms with Crippen LogP contribution in [-0.4, -0.2) is 23.1 Å². The summed E-state index contributed by atoms with van der Waals surface area (Å²) in [4.78, 5) is 20.8. The molecule has 0 atom stereocenters. The van der Waals surface area contributed by atoms with Crippen LogP contribution in [0.4, 0.5) is 5.69 Å². The van der Waals surface area contributed by atoms with Gasteiger partial charge in [0.05, 0.1) is 17.1 Å². The van der Waals surface area contributed by atoms with Crippen LogP contribution in [0.5, 0.6) is 5.75 Å². The second-order valence-corrected chi connectivity index (χ2v) is 4.13. The molecule has 0 heterocycles. The zero-order valence-electron chi connectivity index (χ0n) is 9.10. The highest BCUT2D eigenvalue weighted by Gasteiger charge is 2.10. The number of ether oxygens (including phenoxy) is 1. The number of alkyl halides is 1. The van der Waals surface area contributed by atoms with Crippen molar-refractivity contribution in [2.24, 2.45) is 0 Å². The summed E-state index contributed by atoms with van der Waals surface area (Å²) in [6.07, 6.45) is 2.40. The minimum Gasteiger partial charge on any atom is -0.493 e. The smallest absolute Gasteiger partial charge is 0.270 e. The van der Waals surface area contributed by atoms with Crippen LogP contribution in [-0.2, 0) is 0 Å². The monoisotopic (exact) mass is 301 g/mol. The number of carbonyl (C=O) groups excluding carboxylic acids is 1. The van der Waals surface area contributed by atoms with Crippen molar-refractivity contribution in [2.45, 2.75) is 12.8 Å². The molecule has 0 aliphatic rings. The molecule has 1 rings (SSSR count). The number of nitro groups is 1. The molecule has 0 aliphatic carbocycles. The maximum atomic E-state index is 10.8. The number of non-ortho nitro benzene ring substituents is 1. The third-order valence-electron chi connectivity index (χ3n) is 2.12. The van der Waals surface area contributed by atoms with Gasteiger partial charge in [-0.3, -0.25) is 14.9 Å². The molecule has 0 spiro atoms. The number of aldehydes is 1. The van der Waals surface area contributed by atoms with Gasteiger partial charge in [-0.25, -0.2) is 0 Å². The van der Waals surface area contributed by atoms with E-state index in [0.29, 0.717) is 18.6 Å². The van der Waals surface area contributed by atoms with Crippen molar-refractivity contribution >= 4 is 27.9 Å². The Bertz CT molecular complexity index is 408. The van der Waals surface area contributed by atoms with E-state index in [1.54, 1.807) is 0 Å². The molecule has 0 aliphatic heterocycles. The lowest BCUT2D eigenvalue weighted by Crippen LogP contribution is -2.01. The van der Waals surface area contributed by atoms with Crippen molar-refractivity contribution in [1.82, 2.24) is 0 Å². The van der Waals surface area contributed by atoms with Crippen LogP contribution >= 0.6 is 15.9 Å². The van der Waals surface area contributed by atoms with E-state index >= 15 is 0 Å². The summed E-state index contributed by atoms with van der Waals surface area (Å²) >= 11 is 3.30. The van der Waals surface area contributed by atoms with Gasteiger partial charge in [-0.15, -0.1) is 0 Å². The molecule has 0 unspecified atom stereocenters. The summed E-state index contributed by atoms with van der Waals surface area (Å²) in [5, 5.41) is 11.4. The molecule has 92 valence electrons. The van der Waals surface area contributed by atoms with Crippen LogP contribution < -0.4 is 4.74 Å². The van der Waals surface area contributed by atoms with E-state index in [0.717, 1.165) is 18.2 Å². The second-order valence-electron chi connectivity index (χ2n) is 3.34. The molecule has 1 aromatic carbocycles. The first-order chi connectivity index (χ1) is 8.19. The summed E-state index contributed by atoms with van der Waals surface area (Å²) in [6.45, 7) is 0.490. The highest BCUT2D eigenvalue weighted by molar-refractivity contribution is 9.09. The molecule has 6 heteroatoms. The predicted octanol–water partition coefficient (Wildman–Crippen LogP) is 2.96. The second kappa shape index (κ2) is 7.01. The minimum absolute atomic E-state index is 0.111. The van der Waals surface area contributed by atoms with Gasteiger partial charge in [0, 0.05) is 17.5 Å². The third kappa shape index (κ3) is 4.14. The first-order valence-electron chi connectivity index (χ1n) is 5.11. The lowest BCUT2D eigenvalue weighted by Gasteiger charge is -2.07. The molecule has 0 saturated carbocycles. The minimum atomic E-state index is -0.540. The van der Waals surface area contributed by atoms with Gasteiger partial charge in [0.1, 0.15) is 5.75 Å². The maximum absolute atomic E-state index is 10.8. The zero-order valence-corrected chi connectivity index (χ0v) is 10.7. The number of halogens is 1. The molecule has 0 amide bonds. The van der Waals surface area contributed by atoms with Gasteiger partial charge in [0.2, 0.25) is 0 Å². The van der Waals surface area contributed by atoms with Crippen LogP contribution in [0.1, 0.15) is 23.2 Å². The van der Waals surface area contributed by atoms with Crippen LogP contribution in [0.15, 0.2) is 18.2 Å². The largest absolute Gasteiger partial charge is 0.493 e. The Morgan fingerprint density at radius 3 is 2.76 bits per heavy atom. The van der Waals surface area contributed by atoms with E-state index in [2.05, 4.69) is 15.9 Å². The number of rotatable bonds is 7. The molecule has 0 fully saturated rings. The Balaban J connectivity index is 2.71. The van der Waals surface area contributed by atoms with Gasteiger partial charge in [0.15, 0.2) is 6.29 Å². The van der Waals surface area contributed by atoms with Crippen molar-refractivity contribution in [3.05, 3.63) is 33.9 Å². The van der Waals surface area contributed by atoms with Gasteiger partial charge in [-0.1, -0.05) is 15.9 Å². The fourth-order valence-electron chi connectivity index (χ4n) is 1.25. The number of hydrogen-bond acceptors (Lipinski definition) is 4. The topological polar surface area (TPSA) is 69.4 Å². The van der Waals surface area contributed by atoms with Crippen LogP contribution in [0.25, 0.3) is 0 Å². The van der Waals surface area contributed by atoms with Crippen molar-refractivity contribution in [3.63, 3.8) is 0 Å². The van der Waals surface area contributed by atoms with Gasteiger partial charge in [0.25, 0.3) is 5.69 Å². The van der Waals surface area contributed by atoms with E-state index in [4.69, 9.17) is 4.74 Å². The first-order valence-corrected chi connectivity index (χ1v) is 6.23. The first kappa shape index (κ1) is 13.6. The normalized spacial score (nSPS) is 9.94.